The molecule has 0 aromatic carbocycles. The van der Waals surface area contributed by atoms with Crippen molar-refractivity contribution in [1.82, 2.24) is 24.5 Å². The smallest absolute Gasteiger partial charge is 0.358 e. The molecule has 0 unspecified atom stereocenters. The van der Waals surface area contributed by atoms with Gasteiger partial charge in [-0.2, -0.15) is 0 Å². The molecule has 0 radical (unpaired) electrons. The Morgan fingerprint density at radius 3 is 2.55 bits per heavy atom. The van der Waals surface area contributed by atoms with E-state index in [0.29, 0.717) is 23.2 Å². The summed E-state index contributed by atoms with van der Waals surface area (Å²) in [6.07, 6.45) is 1.54. The van der Waals surface area contributed by atoms with Gasteiger partial charge in [0.2, 0.25) is 0 Å². The van der Waals surface area contributed by atoms with E-state index >= 15 is 0 Å². The van der Waals surface area contributed by atoms with E-state index in [1.54, 1.807) is 22.5 Å². The van der Waals surface area contributed by atoms with Crippen LogP contribution in [0, 0.1) is 0 Å². The van der Waals surface area contributed by atoms with Gasteiger partial charge in [-0.25, -0.2) is 14.5 Å². The van der Waals surface area contributed by atoms with Crippen LogP contribution in [-0.4, -0.2) is 35.6 Å². The van der Waals surface area contributed by atoms with Crippen molar-refractivity contribution in [3.05, 3.63) is 28.6 Å². The van der Waals surface area contributed by atoms with Crippen LogP contribution in [0.3, 0.4) is 0 Å². The molecule has 0 aliphatic carbocycles. The largest absolute Gasteiger partial charge is 0.476 e. The molecular formula is C12H16ClN5O2. The van der Waals surface area contributed by atoms with Crippen LogP contribution in [-0.2, 0) is 19.0 Å². The summed E-state index contributed by atoms with van der Waals surface area (Å²) < 4.78 is 3.28. The highest BCUT2D eigenvalue weighted by atomic mass is 35.5. The molecule has 0 aliphatic heterocycles. The Kier molecular flexibility index (Phi) is 3.56. The average molecular weight is 298 g/mol. The molecule has 0 saturated carbocycles. The van der Waals surface area contributed by atoms with Gasteiger partial charge in [-0.05, 0) is 0 Å². The molecule has 7 nitrogen and oxygen atoms in total. The third-order valence-corrected chi connectivity index (χ3v) is 3.32. The van der Waals surface area contributed by atoms with Crippen molar-refractivity contribution in [2.24, 2.45) is 7.05 Å². The van der Waals surface area contributed by atoms with Gasteiger partial charge in [0, 0.05) is 12.5 Å². The number of hydrogen-bond donors (Lipinski definition) is 1. The number of carboxylic acids is 1. The minimum atomic E-state index is -1.08. The fraction of sp³-hybridized carbons (Fsp3) is 0.500. The first kappa shape index (κ1) is 14.5. The first-order valence-electron chi connectivity index (χ1n) is 6.05. The molecular weight excluding hydrogens is 282 g/mol. The van der Waals surface area contributed by atoms with Gasteiger partial charge in [0.15, 0.2) is 5.69 Å². The summed E-state index contributed by atoms with van der Waals surface area (Å²) in [7, 11) is 1.79. The maximum atomic E-state index is 11.2. The van der Waals surface area contributed by atoms with E-state index in [-0.39, 0.29) is 5.69 Å². The third-order valence-electron chi connectivity index (χ3n) is 2.97. The van der Waals surface area contributed by atoms with Gasteiger partial charge in [-0.15, -0.1) is 5.10 Å². The summed E-state index contributed by atoms with van der Waals surface area (Å²) >= 11 is 5.94. The Balaban J connectivity index is 2.48. The van der Waals surface area contributed by atoms with E-state index in [9.17, 15) is 9.90 Å². The van der Waals surface area contributed by atoms with Crippen LogP contribution in [0.1, 0.15) is 42.8 Å². The molecule has 2 rings (SSSR count). The van der Waals surface area contributed by atoms with E-state index in [0.717, 1.165) is 0 Å². The zero-order chi connectivity index (χ0) is 15.1. The zero-order valence-electron chi connectivity index (χ0n) is 11.8. The number of imidazole rings is 1. The van der Waals surface area contributed by atoms with Crippen LogP contribution in [0.5, 0.6) is 0 Å². The van der Waals surface area contributed by atoms with Crippen molar-refractivity contribution in [3.63, 3.8) is 0 Å². The van der Waals surface area contributed by atoms with Gasteiger partial charge in [-0.3, -0.25) is 0 Å². The van der Waals surface area contributed by atoms with Crippen molar-refractivity contribution in [2.75, 3.05) is 0 Å². The average Bonchev–Trinajstić information content (AvgIpc) is 2.87. The van der Waals surface area contributed by atoms with E-state index in [1.807, 2.05) is 20.8 Å². The zero-order valence-corrected chi connectivity index (χ0v) is 12.5. The highest BCUT2D eigenvalue weighted by Crippen LogP contribution is 2.25. The summed E-state index contributed by atoms with van der Waals surface area (Å²) in [5.74, 6) is -0.401. The predicted octanol–water partition coefficient (Wildman–Crippen LogP) is 1.71. The topological polar surface area (TPSA) is 85.8 Å². The van der Waals surface area contributed by atoms with Crippen molar-refractivity contribution >= 4 is 17.6 Å². The number of carboxylic acid groups (broad SMARTS) is 1. The lowest BCUT2D eigenvalue weighted by atomic mass is 9.90. The Bertz CT molecular complexity index is 653. The minimum Gasteiger partial charge on any atom is -0.476 e. The Labute approximate surface area is 121 Å². The van der Waals surface area contributed by atoms with Gasteiger partial charge in [0.05, 0.1) is 11.9 Å². The fourth-order valence-corrected chi connectivity index (χ4v) is 2.16. The molecule has 0 spiro atoms. The van der Waals surface area contributed by atoms with Crippen molar-refractivity contribution in [2.45, 2.75) is 32.7 Å². The molecule has 20 heavy (non-hydrogen) atoms. The van der Waals surface area contributed by atoms with Gasteiger partial charge in [0.1, 0.15) is 17.5 Å². The SMILES string of the molecule is Cn1c(Cl)cnc1Cn1nnc(C(=O)O)c1C(C)(C)C. The first-order chi connectivity index (χ1) is 9.21. The lowest BCUT2D eigenvalue weighted by Crippen LogP contribution is -2.23. The van der Waals surface area contributed by atoms with Gasteiger partial charge in [-0.1, -0.05) is 37.6 Å². The molecule has 2 aromatic heterocycles. The normalized spacial score (nSPS) is 11.8. The summed E-state index contributed by atoms with van der Waals surface area (Å²) in [5.41, 5.74) is 0.133. The first-order valence-corrected chi connectivity index (χ1v) is 6.43. The molecule has 0 saturated heterocycles. The second kappa shape index (κ2) is 4.90. The van der Waals surface area contributed by atoms with Crippen LogP contribution in [0.15, 0.2) is 6.20 Å². The van der Waals surface area contributed by atoms with Crippen LogP contribution >= 0.6 is 11.6 Å². The van der Waals surface area contributed by atoms with E-state index < -0.39 is 11.4 Å². The van der Waals surface area contributed by atoms with Crippen LogP contribution in [0.4, 0.5) is 0 Å². The van der Waals surface area contributed by atoms with Crippen molar-refractivity contribution in [3.8, 4) is 0 Å². The number of aromatic carboxylic acids is 1. The number of rotatable bonds is 3. The maximum Gasteiger partial charge on any atom is 0.358 e. The van der Waals surface area contributed by atoms with Crippen LogP contribution in [0.25, 0.3) is 0 Å². The lowest BCUT2D eigenvalue weighted by molar-refractivity contribution is 0.0687. The predicted molar refractivity (Wildman–Crippen MR) is 73.0 cm³/mol. The van der Waals surface area contributed by atoms with Gasteiger partial charge in [0.25, 0.3) is 0 Å². The monoisotopic (exact) mass is 297 g/mol. The Morgan fingerprint density at radius 2 is 2.10 bits per heavy atom. The second-order valence-corrected chi connectivity index (χ2v) is 5.94. The summed E-state index contributed by atoms with van der Waals surface area (Å²) in [5, 5.41) is 17.4. The lowest BCUT2D eigenvalue weighted by Gasteiger charge is -2.20. The molecule has 2 aromatic rings. The van der Waals surface area contributed by atoms with E-state index in [4.69, 9.17) is 11.6 Å². The molecule has 0 aliphatic rings. The molecule has 0 amide bonds. The molecule has 1 N–H and O–H groups in total. The Morgan fingerprint density at radius 1 is 1.45 bits per heavy atom. The van der Waals surface area contributed by atoms with Gasteiger partial charge < -0.3 is 9.67 Å². The van der Waals surface area contributed by atoms with Gasteiger partial charge >= 0.3 is 5.97 Å². The minimum absolute atomic E-state index is 0.0298. The molecule has 2 heterocycles. The molecule has 0 atom stereocenters. The van der Waals surface area contributed by atoms with Crippen molar-refractivity contribution in [1.29, 1.82) is 0 Å². The molecule has 108 valence electrons. The number of aromatic nitrogens is 5. The standard InChI is InChI=1S/C12H16ClN5O2/c1-12(2,3)10-9(11(19)20)15-16-18(10)6-8-14-5-7(13)17(8)4/h5H,6H2,1-4H3,(H,19,20). The third kappa shape index (κ3) is 2.53. The van der Waals surface area contributed by atoms with Crippen molar-refractivity contribution < 1.29 is 9.90 Å². The highest BCUT2D eigenvalue weighted by Gasteiger charge is 2.29. The summed E-state index contributed by atoms with van der Waals surface area (Å²) in [6, 6.07) is 0. The fourth-order valence-electron chi connectivity index (χ4n) is 2.02. The number of carbonyl (C=O) groups is 1. The number of nitrogens with zero attached hydrogens (tertiary/aromatic N) is 5. The quantitative estimate of drug-likeness (QED) is 0.932. The molecule has 0 fully saturated rings. The summed E-state index contributed by atoms with van der Waals surface area (Å²) in [4.78, 5) is 15.4. The molecule has 0 bridgehead atoms. The summed E-state index contributed by atoms with van der Waals surface area (Å²) in [6.45, 7) is 6.07. The number of hydrogen-bond acceptors (Lipinski definition) is 4. The van der Waals surface area contributed by atoms with E-state index in [1.165, 1.54) is 0 Å². The highest BCUT2D eigenvalue weighted by molar-refractivity contribution is 6.29. The molecule has 8 heteroatoms. The number of halogens is 1. The van der Waals surface area contributed by atoms with Crippen LogP contribution < -0.4 is 0 Å². The second-order valence-electron chi connectivity index (χ2n) is 5.56. The van der Waals surface area contributed by atoms with Crippen LogP contribution in [0.2, 0.25) is 5.15 Å². The van der Waals surface area contributed by atoms with E-state index in [2.05, 4.69) is 15.3 Å². The maximum absolute atomic E-state index is 11.2. The Hall–Kier alpha value is -1.89.